The van der Waals surface area contributed by atoms with Gasteiger partial charge < -0.3 is 16.0 Å². The Bertz CT molecular complexity index is 1200. The smallest absolute Gasteiger partial charge is 0.346 e. The number of fused-ring (bicyclic) bond motifs is 1. The second kappa shape index (κ2) is 6.55. The molecule has 146 valence electrons. The lowest BCUT2D eigenvalue weighted by Crippen LogP contribution is -2.44. The summed E-state index contributed by atoms with van der Waals surface area (Å²) in [5.41, 5.74) is 7.74. The van der Waals surface area contributed by atoms with E-state index in [9.17, 15) is 4.79 Å². The highest BCUT2D eigenvalue weighted by molar-refractivity contribution is 5.83. The second-order valence-electron chi connectivity index (χ2n) is 6.70. The lowest BCUT2D eigenvalue weighted by molar-refractivity contribution is 0.166. The van der Waals surface area contributed by atoms with Gasteiger partial charge in [0.2, 0.25) is 0 Å². The first-order chi connectivity index (χ1) is 14.1. The molecule has 5 heterocycles. The van der Waals surface area contributed by atoms with Gasteiger partial charge in [0.15, 0.2) is 11.5 Å². The number of anilines is 3. The average molecular weight is 390 g/mol. The number of imidazole rings is 1. The minimum atomic E-state index is -0.172. The van der Waals surface area contributed by atoms with Crippen LogP contribution < -0.4 is 11.1 Å². The van der Waals surface area contributed by atoms with Gasteiger partial charge in [0.1, 0.15) is 23.2 Å². The number of aromatic nitrogens is 7. The Morgan fingerprint density at radius 2 is 2.00 bits per heavy atom. The van der Waals surface area contributed by atoms with Gasteiger partial charge in [-0.1, -0.05) is 0 Å². The number of nitrogens with zero attached hydrogens (tertiary/aromatic N) is 8. The lowest BCUT2D eigenvalue weighted by Gasteiger charge is -2.30. The summed E-state index contributed by atoms with van der Waals surface area (Å²) in [6.07, 6.45) is 4.24. The maximum atomic E-state index is 12.6. The van der Waals surface area contributed by atoms with Gasteiger partial charge in [0.25, 0.3) is 0 Å². The number of nitrogens with one attached hydrogen (secondary N) is 1. The number of aryl methyl sites for hydroxylation is 1. The van der Waals surface area contributed by atoms with Gasteiger partial charge in [-0.05, 0) is 25.5 Å². The zero-order valence-corrected chi connectivity index (χ0v) is 15.6. The van der Waals surface area contributed by atoms with Crippen LogP contribution in [0.5, 0.6) is 0 Å². The van der Waals surface area contributed by atoms with Gasteiger partial charge >= 0.3 is 6.03 Å². The molecule has 1 aliphatic heterocycles. The Hall–Kier alpha value is -4.02. The predicted octanol–water partition coefficient (Wildman–Crippen LogP) is 1.69. The van der Waals surface area contributed by atoms with Crippen molar-refractivity contribution >= 4 is 29.1 Å². The molecule has 29 heavy (non-hydrogen) atoms. The molecular weight excluding hydrogens is 372 g/mol. The van der Waals surface area contributed by atoms with Crippen molar-refractivity contribution in [3.05, 3.63) is 42.5 Å². The Morgan fingerprint density at radius 1 is 1.14 bits per heavy atom. The van der Waals surface area contributed by atoms with Crippen LogP contribution in [-0.4, -0.2) is 58.4 Å². The average Bonchev–Trinajstić information content (AvgIpc) is 3.23. The third-order valence-corrected chi connectivity index (χ3v) is 4.69. The number of hydrogen-bond donors (Lipinski definition) is 2. The molecule has 0 unspecified atom stereocenters. The van der Waals surface area contributed by atoms with Crippen molar-refractivity contribution in [2.45, 2.75) is 13.3 Å². The van der Waals surface area contributed by atoms with Crippen LogP contribution in [0.3, 0.4) is 0 Å². The maximum Gasteiger partial charge on any atom is 0.346 e. The summed E-state index contributed by atoms with van der Waals surface area (Å²) in [7, 11) is 0. The highest BCUT2D eigenvalue weighted by Gasteiger charge is 2.25. The maximum absolute atomic E-state index is 12.6. The quantitative estimate of drug-likeness (QED) is 0.540. The van der Waals surface area contributed by atoms with Crippen molar-refractivity contribution in [3.63, 3.8) is 0 Å². The van der Waals surface area contributed by atoms with E-state index in [0.717, 1.165) is 19.5 Å². The van der Waals surface area contributed by atoms with E-state index in [0.29, 0.717) is 40.3 Å². The van der Waals surface area contributed by atoms with Gasteiger partial charge in [-0.3, -0.25) is 0 Å². The number of likely N-dealkylation sites (tertiary alicyclic amines) is 1. The number of nitrogen functional groups attached to an aromatic ring is 1. The van der Waals surface area contributed by atoms with E-state index in [2.05, 4.69) is 30.5 Å². The first kappa shape index (κ1) is 17.1. The minimum absolute atomic E-state index is 0.172. The van der Waals surface area contributed by atoms with Crippen LogP contribution in [0.2, 0.25) is 0 Å². The molecule has 0 atom stereocenters. The molecule has 0 bridgehead atoms. The molecule has 3 N–H and O–H groups in total. The van der Waals surface area contributed by atoms with Crippen LogP contribution in [0.1, 0.15) is 12.2 Å². The van der Waals surface area contributed by atoms with Gasteiger partial charge in [-0.15, -0.1) is 0 Å². The molecule has 5 rings (SSSR count). The summed E-state index contributed by atoms with van der Waals surface area (Å²) < 4.78 is 3.00. The van der Waals surface area contributed by atoms with Crippen LogP contribution in [0, 0.1) is 6.92 Å². The Labute approximate surface area is 165 Å². The van der Waals surface area contributed by atoms with Crippen LogP contribution in [0.25, 0.3) is 17.0 Å². The normalized spacial score (nSPS) is 13.5. The summed E-state index contributed by atoms with van der Waals surface area (Å²) in [6, 6.07) is 6.85. The molecule has 1 aliphatic rings. The fraction of sp³-hybridized carbons (Fsp3) is 0.222. The Morgan fingerprint density at radius 3 is 2.76 bits per heavy atom. The van der Waals surface area contributed by atoms with Gasteiger partial charge in [0, 0.05) is 31.4 Å². The molecule has 1 fully saturated rings. The van der Waals surface area contributed by atoms with Crippen molar-refractivity contribution in [1.82, 2.24) is 39.2 Å². The number of rotatable bonds is 3. The van der Waals surface area contributed by atoms with Crippen molar-refractivity contribution in [2.75, 3.05) is 24.1 Å². The van der Waals surface area contributed by atoms with Crippen LogP contribution in [-0.2, 0) is 0 Å². The van der Waals surface area contributed by atoms with E-state index in [1.165, 1.54) is 4.68 Å². The number of carbonyl (C=O) groups excluding carboxylic acids is 1. The van der Waals surface area contributed by atoms with E-state index in [-0.39, 0.29) is 6.03 Å². The third-order valence-electron chi connectivity index (χ3n) is 4.69. The predicted molar refractivity (Wildman–Crippen MR) is 106 cm³/mol. The zero-order chi connectivity index (χ0) is 20.0. The van der Waals surface area contributed by atoms with E-state index >= 15 is 0 Å². The van der Waals surface area contributed by atoms with E-state index in [1.54, 1.807) is 46.9 Å². The van der Waals surface area contributed by atoms with Gasteiger partial charge in [-0.2, -0.15) is 14.9 Å². The second-order valence-corrected chi connectivity index (χ2v) is 6.70. The summed E-state index contributed by atoms with van der Waals surface area (Å²) in [5, 5.41) is 11.8. The molecule has 0 aromatic carbocycles. The van der Waals surface area contributed by atoms with E-state index < -0.39 is 0 Å². The highest BCUT2D eigenvalue weighted by atomic mass is 16.2. The first-order valence-corrected chi connectivity index (χ1v) is 9.16. The molecule has 0 saturated carbocycles. The van der Waals surface area contributed by atoms with Crippen molar-refractivity contribution in [1.29, 1.82) is 0 Å². The fourth-order valence-electron chi connectivity index (χ4n) is 3.23. The number of amides is 1. The first-order valence-electron chi connectivity index (χ1n) is 9.16. The topological polar surface area (TPSA) is 132 Å². The molecule has 0 radical (unpaired) electrons. The fourth-order valence-corrected chi connectivity index (χ4v) is 3.23. The standard InChI is InChI=1S/C18H18N10O/c1-11-22-12(10-13(19)23-11)16-17(24-14-4-2-6-20-27(14)16)25-15-5-7-21-28(15)18(29)26-8-3-9-26/h2,4-7,10,25H,3,8-9H2,1H3,(H2,19,22,23). The van der Waals surface area contributed by atoms with Gasteiger partial charge in [-0.25, -0.2) is 24.3 Å². The number of hydrogen-bond acceptors (Lipinski definition) is 8. The number of carbonyl (C=O) groups is 1. The number of nitrogens with two attached hydrogens (primary N) is 1. The van der Waals surface area contributed by atoms with Crippen molar-refractivity contribution in [3.8, 4) is 11.4 Å². The minimum Gasteiger partial charge on any atom is -0.384 e. The molecule has 1 saturated heterocycles. The van der Waals surface area contributed by atoms with E-state index in [4.69, 9.17) is 5.73 Å². The SMILES string of the molecule is Cc1nc(N)cc(-c2c(Nc3ccnn3C(=O)N3CCC3)nc3cccnn23)n1. The molecule has 0 spiro atoms. The molecule has 11 heteroatoms. The van der Waals surface area contributed by atoms with E-state index in [1.807, 2.05) is 6.07 Å². The third kappa shape index (κ3) is 2.92. The highest BCUT2D eigenvalue weighted by Crippen LogP contribution is 2.30. The lowest BCUT2D eigenvalue weighted by atomic mass is 10.2. The largest absolute Gasteiger partial charge is 0.384 e. The summed E-state index contributed by atoms with van der Waals surface area (Å²) in [5.74, 6) is 1.88. The molecule has 11 nitrogen and oxygen atoms in total. The zero-order valence-electron chi connectivity index (χ0n) is 15.6. The molecule has 1 amide bonds. The van der Waals surface area contributed by atoms with Crippen LogP contribution in [0.15, 0.2) is 36.7 Å². The Balaban J connectivity index is 1.61. The summed E-state index contributed by atoms with van der Waals surface area (Å²) in [6.45, 7) is 3.24. The summed E-state index contributed by atoms with van der Waals surface area (Å²) >= 11 is 0. The van der Waals surface area contributed by atoms with Crippen molar-refractivity contribution in [2.24, 2.45) is 0 Å². The molecular formula is C18H18N10O. The summed E-state index contributed by atoms with van der Waals surface area (Å²) in [4.78, 5) is 27.6. The molecule has 4 aromatic heterocycles. The monoisotopic (exact) mass is 390 g/mol. The van der Waals surface area contributed by atoms with Crippen LogP contribution >= 0.6 is 0 Å². The molecule has 0 aliphatic carbocycles. The van der Waals surface area contributed by atoms with Gasteiger partial charge in [0.05, 0.1) is 11.9 Å². The Kier molecular flexibility index (Phi) is 3.86. The van der Waals surface area contributed by atoms with Crippen LogP contribution in [0.4, 0.5) is 22.2 Å². The molecule has 4 aromatic rings. The van der Waals surface area contributed by atoms with Crippen molar-refractivity contribution < 1.29 is 4.79 Å².